The fourth-order valence-corrected chi connectivity index (χ4v) is 1.82. The van der Waals surface area contributed by atoms with Gasteiger partial charge in [0.1, 0.15) is 11.9 Å². The van der Waals surface area contributed by atoms with Crippen LogP contribution in [0, 0.1) is 11.3 Å². The normalized spacial score (nSPS) is 11.7. The first-order valence-electron chi connectivity index (χ1n) is 7.21. The lowest BCUT2D eigenvalue weighted by atomic mass is 10.1. The Hall–Kier alpha value is -2.62. The molecule has 1 atom stereocenters. The Morgan fingerprint density at radius 3 is 2.46 bits per heavy atom. The van der Waals surface area contributed by atoms with E-state index in [0.29, 0.717) is 10.7 Å². The van der Waals surface area contributed by atoms with Crippen molar-refractivity contribution in [3.8, 4) is 0 Å². The van der Waals surface area contributed by atoms with Gasteiger partial charge in [0.25, 0.3) is 5.91 Å². The molecule has 1 rings (SSSR count). The van der Waals surface area contributed by atoms with E-state index in [-0.39, 0.29) is 29.7 Å². The summed E-state index contributed by atoms with van der Waals surface area (Å²) in [5, 5.41) is 13.4. The Kier molecular flexibility index (Phi) is 6.71. The second kappa shape index (κ2) is 8.29. The minimum atomic E-state index is -0.777. The van der Waals surface area contributed by atoms with Gasteiger partial charge in [-0.05, 0) is 12.8 Å². The molecule has 0 radical (unpaired) electrons. The van der Waals surface area contributed by atoms with Crippen molar-refractivity contribution in [2.24, 2.45) is 17.4 Å². The van der Waals surface area contributed by atoms with E-state index in [4.69, 9.17) is 29.1 Å². The zero-order chi connectivity index (χ0) is 18.4. The lowest BCUT2D eigenvalue weighted by Gasteiger charge is -2.15. The van der Waals surface area contributed by atoms with Gasteiger partial charge in [-0.1, -0.05) is 26.1 Å². The topological polar surface area (TPSA) is 160 Å². The van der Waals surface area contributed by atoms with Gasteiger partial charge in [-0.25, -0.2) is 9.97 Å². The molecule has 0 spiro atoms. The zero-order valence-electron chi connectivity index (χ0n) is 13.7. The van der Waals surface area contributed by atoms with Crippen molar-refractivity contribution in [2.45, 2.75) is 33.2 Å². The molecule has 9 nitrogen and oxygen atoms in total. The van der Waals surface area contributed by atoms with Crippen LogP contribution in [0.3, 0.4) is 0 Å². The number of amides is 2. The van der Waals surface area contributed by atoms with Crippen molar-refractivity contribution in [1.29, 1.82) is 5.41 Å². The summed E-state index contributed by atoms with van der Waals surface area (Å²) in [5.74, 6) is -0.996. The Labute approximate surface area is 145 Å². The van der Waals surface area contributed by atoms with Crippen LogP contribution < -0.4 is 22.1 Å². The number of anilines is 2. The van der Waals surface area contributed by atoms with Crippen LogP contribution in [0.25, 0.3) is 0 Å². The molecule has 0 saturated heterocycles. The number of nitrogens with zero attached hydrogens (tertiary/aromatic N) is 2. The summed E-state index contributed by atoms with van der Waals surface area (Å²) in [5.41, 5.74) is 10.8. The number of rotatable bonds is 8. The van der Waals surface area contributed by atoms with E-state index in [2.05, 4.69) is 20.6 Å². The van der Waals surface area contributed by atoms with Crippen LogP contribution in [0.1, 0.15) is 37.7 Å². The Balaban J connectivity index is 3.00. The van der Waals surface area contributed by atoms with Crippen LogP contribution in [0.4, 0.5) is 11.6 Å². The molecule has 10 heteroatoms. The van der Waals surface area contributed by atoms with Gasteiger partial charge in [0, 0.05) is 12.1 Å². The maximum absolute atomic E-state index is 11.5. The van der Waals surface area contributed by atoms with Crippen LogP contribution in [0.2, 0.25) is 0 Å². The van der Waals surface area contributed by atoms with Crippen molar-refractivity contribution >= 4 is 46.4 Å². The molecule has 0 bridgehead atoms. The first-order chi connectivity index (χ1) is 11.1. The van der Waals surface area contributed by atoms with Gasteiger partial charge in [-0.3, -0.25) is 9.59 Å². The van der Waals surface area contributed by atoms with Gasteiger partial charge >= 0.3 is 0 Å². The van der Waals surface area contributed by atoms with E-state index in [0.717, 1.165) is 0 Å². The predicted octanol–water partition coefficient (Wildman–Crippen LogP) is 0.666. The summed E-state index contributed by atoms with van der Waals surface area (Å²) in [6.07, 6.45) is 1.49. The highest BCUT2D eigenvalue weighted by Crippen LogP contribution is 2.15. The number of carbonyl (C=O) groups excluding carboxylic acids is 2. The summed E-state index contributed by atoms with van der Waals surface area (Å²) in [7, 11) is 0. The van der Waals surface area contributed by atoms with Gasteiger partial charge in [0.15, 0.2) is 11.5 Å². The van der Waals surface area contributed by atoms with Gasteiger partial charge in [-0.2, -0.15) is 0 Å². The molecular formula is C14H21N7O2S. The van der Waals surface area contributed by atoms with Crippen LogP contribution in [0.5, 0.6) is 0 Å². The number of aromatic nitrogens is 2. The molecule has 0 fully saturated rings. The van der Waals surface area contributed by atoms with E-state index in [1.54, 1.807) is 6.92 Å². The molecule has 1 aromatic rings. The average Bonchev–Trinajstić information content (AvgIpc) is 2.46. The smallest absolute Gasteiger partial charge is 0.271 e. The molecule has 1 unspecified atom stereocenters. The molecule has 1 aromatic heterocycles. The number of hydrogen-bond acceptors (Lipinski definition) is 7. The fraction of sp³-hybridized carbons (Fsp3) is 0.429. The van der Waals surface area contributed by atoms with Crippen LogP contribution in [-0.4, -0.2) is 38.5 Å². The number of nitrogens with one attached hydrogen (secondary N) is 3. The first kappa shape index (κ1) is 19.4. The summed E-state index contributed by atoms with van der Waals surface area (Å²) in [4.78, 5) is 31.0. The summed E-state index contributed by atoms with van der Waals surface area (Å²) >= 11 is 5.18. The predicted molar refractivity (Wildman–Crippen MR) is 96.2 cm³/mol. The number of primary amides is 2. The Morgan fingerprint density at radius 2 is 1.96 bits per heavy atom. The summed E-state index contributed by atoms with van der Waals surface area (Å²) in [6, 6.07) is -0.673. The highest BCUT2D eigenvalue weighted by atomic mass is 32.1. The quantitative estimate of drug-likeness (QED) is 0.340. The first-order valence-corrected chi connectivity index (χ1v) is 7.62. The summed E-state index contributed by atoms with van der Waals surface area (Å²) in [6.45, 7) is 5.33. The fourth-order valence-electron chi connectivity index (χ4n) is 1.57. The molecular weight excluding hydrogens is 330 g/mol. The molecule has 7 N–H and O–H groups in total. The van der Waals surface area contributed by atoms with E-state index in [1.807, 2.05) is 13.8 Å². The zero-order valence-corrected chi connectivity index (χ0v) is 14.5. The van der Waals surface area contributed by atoms with Crippen molar-refractivity contribution in [3.63, 3.8) is 0 Å². The second-order valence-electron chi connectivity index (χ2n) is 5.49. The van der Waals surface area contributed by atoms with Crippen LogP contribution in [-0.2, 0) is 4.79 Å². The third kappa shape index (κ3) is 5.54. The minimum Gasteiger partial charge on any atom is -0.368 e. The van der Waals surface area contributed by atoms with Crippen molar-refractivity contribution in [3.05, 3.63) is 11.9 Å². The van der Waals surface area contributed by atoms with Crippen LogP contribution in [0.15, 0.2) is 6.20 Å². The van der Waals surface area contributed by atoms with E-state index in [1.165, 1.54) is 6.20 Å². The van der Waals surface area contributed by atoms with Crippen molar-refractivity contribution < 1.29 is 9.59 Å². The molecule has 0 aromatic carbocycles. The highest BCUT2D eigenvalue weighted by Gasteiger charge is 2.17. The largest absolute Gasteiger partial charge is 0.368 e. The average molecular weight is 351 g/mol. The summed E-state index contributed by atoms with van der Waals surface area (Å²) < 4.78 is 0. The number of thiocarbonyl (C=S) groups is 1. The maximum Gasteiger partial charge on any atom is 0.271 e. The molecule has 0 aliphatic carbocycles. The standard InChI is InChI=1S/C14H21N7O2S/c1-6(2)8(15)4-10(24)21-14-11(13(17)23)18-5-9(20-14)19-7(3)12(16)22/h5-7,15H,4H2,1-3H3,(H2,16,22)(H2,17,23)(H2,19,20,21,24). The molecule has 2 amide bonds. The molecule has 130 valence electrons. The van der Waals surface area contributed by atoms with E-state index < -0.39 is 17.9 Å². The SMILES string of the molecule is CC(C)C(=N)CC(=S)Nc1nc(NC(C)C(N)=O)cnc1C(N)=O. The second-order valence-corrected chi connectivity index (χ2v) is 5.98. The van der Waals surface area contributed by atoms with Crippen LogP contribution >= 0.6 is 12.2 Å². The minimum absolute atomic E-state index is 0.0517. The van der Waals surface area contributed by atoms with Gasteiger partial charge in [-0.15, -0.1) is 0 Å². The van der Waals surface area contributed by atoms with Gasteiger partial charge in [0.05, 0.1) is 11.2 Å². The highest BCUT2D eigenvalue weighted by molar-refractivity contribution is 7.80. The van der Waals surface area contributed by atoms with Crippen molar-refractivity contribution in [2.75, 3.05) is 10.6 Å². The molecule has 0 aliphatic rings. The number of carbonyl (C=O) groups is 2. The number of nitrogens with two attached hydrogens (primary N) is 2. The van der Waals surface area contributed by atoms with E-state index >= 15 is 0 Å². The van der Waals surface area contributed by atoms with E-state index in [9.17, 15) is 9.59 Å². The Morgan fingerprint density at radius 1 is 1.33 bits per heavy atom. The molecule has 0 aliphatic heterocycles. The molecule has 1 heterocycles. The molecule has 24 heavy (non-hydrogen) atoms. The number of hydrogen-bond donors (Lipinski definition) is 5. The Bertz CT molecular complexity index is 675. The molecule has 0 saturated carbocycles. The third-order valence-corrected chi connectivity index (χ3v) is 3.35. The van der Waals surface area contributed by atoms with Crippen molar-refractivity contribution in [1.82, 2.24) is 9.97 Å². The lowest BCUT2D eigenvalue weighted by molar-refractivity contribution is -0.118. The monoisotopic (exact) mass is 351 g/mol. The van der Waals surface area contributed by atoms with Gasteiger partial charge in [0.2, 0.25) is 5.91 Å². The maximum atomic E-state index is 11.5. The van der Waals surface area contributed by atoms with Gasteiger partial charge < -0.3 is 27.5 Å². The third-order valence-electron chi connectivity index (χ3n) is 3.10. The lowest BCUT2D eigenvalue weighted by Crippen LogP contribution is -2.33.